The van der Waals surface area contributed by atoms with Crippen molar-refractivity contribution in [3.05, 3.63) is 51.5 Å². The van der Waals surface area contributed by atoms with Crippen LogP contribution in [0.15, 0.2) is 29.3 Å². The Morgan fingerprint density at radius 2 is 1.54 bits per heavy atom. The lowest BCUT2D eigenvalue weighted by Crippen LogP contribution is -2.05. The van der Waals surface area contributed by atoms with Gasteiger partial charge in [0.15, 0.2) is 11.5 Å². The summed E-state index contributed by atoms with van der Waals surface area (Å²) in [6.07, 6.45) is 0.792. The molecule has 0 aromatic heterocycles. The third kappa shape index (κ3) is 3.40. The second-order valence-electron chi connectivity index (χ2n) is 5.76. The van der Waals surface area contributed by atoms with E-state index in [-0.39, 0.29) is 0 Å². The van der Waals surface area contributed by atoms with Gasteiger partial charge in [0.25, 0.3) is 0 Å². The van der Waals surface area contributed by atoms with E-state index in [0.29, 0.717) is 17.2 Å². The number of hydrogen-bond donors (Lipinski definition) is 0. The molecule has 0 saturated heterocycles. The van der Waals surface area contributed by atoms with E-state index in [1.54, 1.807) is 28.4 Å². The first kappa shape index (κ1) is 20.2. The number of aryl methyl sites for hydroxylation is 1. The minimum Gasteiger partial charge on any atom is -0.496 e. The number of halogens is 1. The molecule has 140 valence electrons. The maximum Gasteiger partial charge on any atom is 0.203 e. The SMILES string of the molecule is C=C(c1c(OC)ccc(Br)c1C)c1c(CC)cc(OC)c(OC)c1OC. The second-order valence-corrected chi connectivity index (χ2v) is 6.62. The van der Waals surface area contributed by atoms with Gasteiger partial charge in [-0.3, -0.25) is 0 Å². The first-order chi connectivity index (χ1) is 12.4. The molecule has 26 heavy (non-hydrogen) atoms. The van der Waals surface area contributed by atoms with Crippen molar-refractivity contribution in [2.45, 2.75) is 20.3 Å². The first-order valence-corrected chi connectivity index (χ1v) is 9.08. The third-order valence-corrected chi connectivity index (χ3v) is 5.34. The zero-order chi connectivity index (χ0) is 19.4. The number of rotatable bonds is 7. The Hall–Kier alpha value is -2.14. The van der Waals surface area contributed by atoms with E-state index in [1.165, 1.54) is 0 Å². The van der Waals surface area contributed by atoms with E-state index >= 15 is 0 Å². The zero-order valence-electron chi connectivity index (χ0n) is 16.2. The smallest absolute Gasteiger partial charge is 0.203 e. The fourth-order valence-corrected chi connectivity index (χ4v) is 3.48. The van der Waals surface area contributed by atoms with Crippen molar-refractivity contribution in [1.29, 1.82) is 0 Å². The van der Waals surface area contributed by atoms with Crippen LogP contribution in [-0.2, 0) is 6.42 Å². The van der Waals surface area contributed by atoms with Gasteiger partial charge in [0, 0.05) is 15.6 Å². The fraction of sp³-hybridized carbons (Fsp3) is 0.333. The molecule has 2 aromatic rings. The average molecular weight is 421 g/mol. The maximum atomic E-state index is 5.72. The van der Waals surface area contributed by atoms with Gasteiger partial charge in [-0.15, -0.1) is 0 Å². The molecule has 2 aromatic carbocycles. The predicted molar refractivity (Wildman–Crippen MR) is 109 cm³/mol. The Morgan fingerprint density at radius 3 is 2.04 bits per heavy atom. The van der Waals surface area contributed by atoms with Gasteiger partial charge in [0.2, 0.25) is 5.75 Å². The highest BCUT2D eigenvalue weighted by Gasteiger charge is 2.25. The van der Waals surface area contributed by atoms with Crippen LogP contribution in [0.1, 0.15) is 29.2 Å². The van der Waals surface area contributed by atoms with Crippen LogP contribution >= 0.6 is 15.9 Å². The molecule has 0 heterocycles. The van der Waals surface area contributed by atoms with E-state index in [0.717, 1.165) is 44.5 Å². The van der Waals surface area contributed by atoms with Gasteiger partial charge in [-0.25, -0.2) is 0 Å². The molecule has 0 saturated carbocycles. The topological polar surface area (TPSA) is 36.9 Å². The highest BCUT2D eigenvalue weighted by molar-refractivity contribution is 9.10. The molecule has 5 heteroatoms. The predicted octanol–water partition coefficient (Wildman–Crippen LogP) is 5.42. The van der Waals surface area contributed by atoms with Crippen LogP contribution in [0.2, 0.25) is 0 Å². The van der Waals surface area contributed by atoms with Gasteiger partial charge < -0.3 is 18.9 Å². The van der Waals surface area contributed by atoms with Crippen molar-refractivity contribution in [3.63, 3.8) is 0 Å². The van der Waals surface area contributed by atoms with Crippen LogP contribution in [0, 0.1) is 6.92 Å². The third-order valence-electron chi connectivity index (χ3n) is 4.48. The minimum atomic E-state index is 0.551. The Bertz CT molecular complexity index is 827. The molecule has 2 rings (SSSR count). The second kappa shape index (κ2) is 8.49. The maximum absolute atomic E-state index is 5.72. The van der Waals surface area contributed by atoms with Crippen molar-refractivity contribution in [1.82, 2.24) is 0 Å². The summed E-state index contributed by atoms with van der Waals surface area (Å²) >= 11 is 3.60. The van der Waals surface area contributed by atoms with Crippen molar-refractivity contribution < 1.29 is 18.9 Å². The summed E-state index contributed by atoms with van der Waals surface area (Å²) in [6, 6.07) is 5.87. The zero-order valence-corrected chi connectivity index (χ0v) is 17.7. The molecule has 4 nitrogen and oxygen atoms in total. The molecule has 0 aliphatic carbocycles. The van der Waals surface area contributed by atoms with E-state index < -0.39 is 0 Å². The Balaban J connectivity index is 2.84. The first-order valence-electron chi connectivity index (χ1n) is 8.29. The van der Waals surface area contributed by atoms with Gasteiger partial charge in [-0.2, -0.15) is 0 Å². The number of benzene rings is 2. The summed E-state index contributed by atoms with van der Waals surface area (Å²) in [5, 5.41) is 0. The van der Waals surface area contributed by atoms with Gasteiger partial charge in [-0.1, -0.05) is 29.4 Å². The molecule has 0 fully saturated rings. The Kier molecular flexibility index (Phi) is 6.59. The van der Waals surface area contributed by atoms with E-state index in [1.807, 2.05) is 25.1 Å². The van der Waals surface area contributed by atoms with E-state index in [9.17, 15) is 0 Å². The van der Waals surface area contributed by atoms with Gasteiger partial charge >= 0.3 is 0 Å². The molecule has 0 atom stereocenters. The van der Waals surface area contributed by atoms with Crippen LogP contribution in [0.25, 0.3) is 5.57 Å². The lowest BCUT2D eigenvalue weighted by atomic mass is 9.89. The molecule has 0 aliphatic rings. The Labute approximate surface area is 163 Å². The summed E-state index contributed by atoms with van der Waals surface area (Å²) in [4.78, 5) is 0. The largest absolute Gasteiger partial charge is 0.496 e. The fourth-order valence-electron chi connectivity index (χ4n) is 3.15. The Morgan fingerprint density at radius 1 is 0.923 bits per heavy atom. The molecule has 0 aliphatic heterocycles. The molecule has 0 bridgehead atoms. The summed E-state index contributed by atoms with van der Waals surface area (Å²) < 4.78 is 23.4. The molecule has 0 spiro atoms. The lowest BCUT2D eigenvalue weighted by Gasteiger charge is -2.22. The highest BCUT2D eigenvalue weighted by atomic mass is 79.9. The van der Waals surface area contributed by atoms with Gasteiger partial charge in [-0.05, 0) is 48.2 Å². The number of methoxy groups -OCH3 is 4. The van der Waals surface area contributed by atoms with Crippen molar-refractivity contribution in [3.8, 4) is 23.0 Å². The average Bonchev–Trinajstić information content (AvgIpc) is 2.67. The van der Waals surface area contributed by atoms with E-state index in [4.69, 9.17) is 18.9 Å². The molecule has 0 amide bonds. The quantitative estimate of drug-likeness (QED) is 0.599. The minimum absolute atomic E-state index is 0.551. The number of hydrogen-bond acceptors (Lipinski definition) is 4. The molecule has 0 unspecified atom stereocenters. The van der Waals surface area contributed by atoms with Crippen molar-refractivity contribution in [2.75, 3.05) is 28.4 Å². The van der Waals surface area contributed by atoms with Crippen LogP contribution in [0.3, 0.4) is 0 Å². The van der Waals surface area contributed by atoms with Crippen LogP contribution in [0.4, 0.5) is 0 Å². The number of ether oxygens (including phenoxy) is 4. The van der Waals surface area contributed by atoms with Gasteiger partial charge in [0.1, 0.15) is 5.75 Å². The molecule has 0 N–H and O–H groups in total. The monoisotopic (exact) mass is 420 g/mol. The summed E-state index contributed by atoms with van der Waals surface area (Å²) in [6.45, 7) is 8.50. The van der Waals surface area contributed by atoms with Crippen LogP contribution in [-0.4, -0.2) is 28.4 Å². The summed E-state index contributed by atoms with van der Waals surface area (Å²) in [5.41, 5.74) is 4.75. The molecule has 0 radical (unpaired) electrons. The highest BCUT2D eigenvalue weighted by Crippen LogP contribution is 2.48. The van der Waals surface area contributed by atoms with Gasteiger partial charge in [0.05, 0.1) is 28.4 Å². The molecular weight excluding hydrogens is 396 g/mol. The molecular formula is C21H25BrO4. The van der Waals surface area contributed by atoms with Crippen LogP contribution in [0.5, 0.6) is 23.0 Å². The van der Waals surface area contributed by atoms with Crippen LogP contribution < -0.4 is 18.9 Å². The summed E-state index contributed by atoms with van der Waals surface area (Å²) in [5.74, 6) is 2.55. The lowest BCUT2D eigenvalue weighted by molar-refractivity contribution is 0.323. The van der Waals surface area contributed by atoms with Crippen molar-refractivity contribution >= 4 is 21.5 Å². The van der Waals surface area contributed by atoms with E-state index in [2.05, 4.69) is 29.4 Å². The summed E-state index contributed by atoms with van der Waals surface area (Å²) in [7, 11) is 6.50. The van der Waals surface area contributed by atoms with Crippen molar-refractivity contribution in [2.24, 2.45) is 0 Å². The standard InChI is InChI=1S/C21H25BrO4/c1-8-14-11-17(24-5)20(25-6)21(26-7)19(14)13(3)18-12(2)15(22)9-10-16(18)23-4/h9-11H,3,8H2,1-2,4-7H3. The normalized spacial score (nSPS) is 10.4.